The Morgan fingerprint density at radius 1 is 1.19 bits per heavy atom. The fourth-order valence-electron chi connectivity index (χ4n) is 3.07. The number of nitrogens with zero attached hydrogens (tertiary/aromatic N) is 4. The lowest BCUT2D eigenvalue weighted by Gasteiger charge is -2.19. The first-order chi connectivity index (χ1) is 13.2. The predicted molar refractivity (Wildman–Crippen MR) is 99.9 cm³/mol. The van der Waals surface area contributed by atoms with Gasteiger partial charge in [0.15, 0.2) is 0 Å². The molecule has 7 nitrogen and oxygen atoms in total. The van der Waals surface area contributed by atoms with Crippen LogP contribution in [0.5, 0.6) is 5.75 Å². The average Bonchev–Trinajstić information content (AvgIpc) is 3.45. The Morgan fingerprint density at radius 3 is 2.59 bits per heavy atom. The SMILES string of the molecule is COc1ccc(C(NC(=O)Cn2nnc(-c3ccccc3)n2)C2CC2)cc1. The third kappa shape index (κ3) is 4.13. The molecule has 1 heterocycles. The van der Waals surface area contributed by atoms with E-state index in [2.05, 4.69) is 20.7 Å². The van der Waals surface area contributed by atoms with Crippen LogP contribution in [0.4, 0.5) is 0 Å². The Bertz CT molecular complexity index is 904. The number of carbonyl (C=O) groups excluding carboxylic acids is 1. The zero-order chi connectivity index (χ0) is 18.6. The normalized spacial score (nSPS) is 14.6. The van der Waals surface area contributed by atoms with Crippen LogP contribution < -0.4 is 10.1 Å². The van der Waals surface area contributed by atoms with Crippen LogP contribution in [-0.2, 0) is 11.3 Å². The van der Waals surface area contributed by atoms with Crippen molar-refractivity contribution in [2.24, 2.45) is 5.92 Å². The largest absolute Gasteiger partial charge is 0.497 e. The molecule has 3 aromatic rings. The fourth-order valence-corrected chi connectivity index (χ4v) is 3.07. The summed E-state index contributed by atoms with van der Waals surface area (Å²) in [4.78, 5) is 13.9. The van der Waals surface area contributed by atoms with Crippen LogP contribution in [0.1, 0.15) is 24.4 Å². The van der Waals surface area contributed by atoms with E-state index in [0.717, 1.165) is 29.7 Å². The van der Waals surface area contributed by atoms with Gasteiger partial charge in [0.1, 0.15) is 12.3 Å². The molecule has 1 aliphatic carbocycles. The highest BCUT2D eigenvalue weighted by molar-refractivity contribution is 5.76. The first-order valence-corrected chi connectivity index (χ1v) is 8.99. The summed E-state index contributed by atoms with van der Waals surface area (Å²) in [6.07, 6.45) is 2.24. The van der Waals surface area contributed by atoms with Gasteiger partial charge in [0, 0.05) is 5.56 Å². The van der Waals surface area contributed by atoms with Gasteiger partial charge in [-0.05, 0) is 41.7 Å². The standard InChI is InChI=1S/C20H21N5O2/c1-27-17-11-9-15(10-12-17)19(14-7-8-14)21-18(26)13-25-23-20(22-24-25)16-5-3-2-4-6-16/h2-6,9-12,14,19H,7-8,13H2,1H3,(H,21,26). The highest BCUT2D eigenvalue weighted by Crippen LogP contribution is 2.41. The molecule has 4 rings (SSSR count). The molecule has 7 heteroatoms. The van der Waals surface area contributed by atoms with Gasteiger partial charge >= 0.3 is 0 Å². The summed E-state index contributed by atoms with van der Waals surface area (Å²) in [5, 5.41) is 15.4. The summed E-state index contributed by atoms with van der Waals surface area (Å²) in [5.41, 5.74) is 1.96. The number of rotatable bonds is 7. The van der Waals surface area contributed by atoms with E-state index < -0.39 is 0 Å². The summed E-state index contributed by atoms with van der Waals surface area (Å²) in [5.74, 6) is 1.67. The van der Waals surface area contributed by atoms with Crippen LogP contribution in [0.2, 0.25) is 0 Å². The van der Waals surface area contributed by atoms with Crippen LogP contribution in [0, 0.1) is 5.92 Å². The summed E-state index contributed by atoms with van der Waals surface area (Å²) >= 11 is 0. The molecule has 27 heavy (non-hydrogen) atoms. The number of carbonyl (C=O) groups is 1. The van der Waals surface area contributed by atoms with Crippen molar-refractivity contribution in [1.29, 1.82) is 0 Å². The third-order valence-electron chi connectivity index (χ3n) is 4.65. The van der Waals surface area contributed by atoms with Crippen LogP contribution in [0.15, 0.2) is 54.6 Å². The summed E-state index contributed by atoms with van der Waals surface area (Å²) < 4.78 is 5.21. The van der Waals surface area contributed by atoms with Crippen LogP contribution in [-0.4, -0.2) is 33.2 Å². The molecule has 1 saturated carbocycles. The molecule has 0 aliphatic heterocycles. The van der Waals surface area contributed by atoms with Gasteiger partial charge in [-0.1, -0.05) is 42.5 Å². The smallest absolute Gasteiger partial charge is 0.244 e. The molecule has 1 atom stereocenters. The lowest BCUT2D eigenvalue weighted by Crippen LogP contribution is -2.33. The molecule has 1 aromatic heterocycles. The van der Waals surface area contributed by atoms with Crippen molar-refractivity contribution in [1.82, 2.24) is 25.5 Å². The van der Waals surface area contributed by atoms with Crippen molar-refractivity contribution < 1.29 is 9.53 Å². The van der Waals surface area contributed by atoms with Crippen LogP contribution in [0.3, 0.4) is 0 Å². The Morgan fingerprint density at radius 2 is 1.93 bits per heavy atom. The lowest BCUT2D eigenvalue weighted by atomic mass is 10.0. The Hall–Kier alpha value is -3.22. The molecule has 1 fully saturated rings. The Labute approximate surface area is 157 Å². The number of tetrazole rings is 1. The van der Waals surface area contributed by atoms with E-state index in [1.54, 1.807) is 7.11 Å². The Kier molecular flexibility index (Phi) is 4.82. The number of nitrogens with one attached hydrogen (secondary N) is 1. The molecular formula is C20H21N5O2. The molecule has 138 valence electrons. The van der Waals surface area contributed by atoms with Gasteiger partial charge in [-0.15, -0.1) is 10.2 Å². The quantitative estimate of drug-likeness (QED) is 0.698. The van der Waals surface area contributed by atoms with Gasteiger partial charge in [0.05, 0.1) is 13.2 Å². The van der Waals surface area contributed by atoms with Gasteiger partial charge in [0.2, 0.25) is 11.7 Å². The minimum Gasteiger partial charge on any atom is -0.497 e. The van der Waals surface area contributed by atoms with Crippen molar-refractivity contribution in [3.8, 4) is 17.1 Å². The van der Waals surface area contributed by atoms with E-state index in [-0.39, 0.29) is 18.5 Å². The zero-order valence-corrected chi connectivity index (χ0v) is 15.1. The van der Waals surface area contributed by atoms with E-state index in [4.69, 9.17) is 4.74 Å². The summed E-state index contributed by atoms with van der Waals surface area (Å²) in [7, 11) is 1.64. The fraction of sp³-hybridized carbons (Fsp3) is 0.300. The monoisotopic (exact) mass is 363 g/mol. The van der Waals surface area contributed by atoms with Gasteiger partial charge in [-0.3, -0.25) is 4.79 Å². The van der Waals surface area contributed by atoms with Gasteiger partial charge in [-0.25, -0.2) is 0 Å². The topological polar surface area (TPSA) is 81.9 Å². The molecule has 1 N–H and O–H groups in total. The summed E-state index contributed by atoms with van der Waals surface area (Å²) in [6, 6.07) is 17.4. The molecule has 0 radical (unpaired) electrons. The maximum Gasteiger partial charge on any atom is 0.244 e. The van der Waals surface area contributed by atoms with E-state index in [9.17, 15) is 4.79 Å². The number of hydrogen-bond acceptors (Lipinski definition) is 5. The Balaban J connectivity index is 1.42. The number of ether oxygens (including phenoxy) is 1. The molecule has 0 saturated heterocycles. The van der Waals surface area contributed by atoms with Gasteiger partial charge in [-0.2, -0.15) is 4.80 Å². The van der Waals surface area contributed by atoms with Crippen molar-refractivity contribution in [2.75, 3.05) is 7.11 Å². The van der Waals surface area contributed by atoms with Crippen LogP contribution >= 0.6 is 0 Å². The molecule has 0 spiro atoms. The highest BCUT2D eigenvalue weighted by atomic mass is 16.5. The highest BCUT2D eigenvalue weighted by Gasteiger charge is 2.33. The first kappa shape index (κ1) is 17.2. The predicted octanol–water partition coefficient (Wildman–Crippen LogP) is 2.62. The van der Waals surface area contributed by atoms with E-state index in [1.807, 2.05) is 54.6 Å². The molecule has 2 aromatic carbocycles. The zero-order valence-electron chi connectivity index (χ0n) is 15.1. The maximum absolute atomic E-state index is 12.5. The van der Waals surface area contributed by atoms with Gasteiger partial charge in [0.25, 0.3) is 0 Å². The molecule has 1 amide bonds. The number of hydrogen-bond donors (Lipinski definition) is 1. The lowest BCUT2D eigenvalue weighted by molar-refractivity contribution is -0.123. The van der Waals surface area contributed by atoms with E-state index in [0.29, 0.717) is 11.7 Å². The number of methoxy groups -OCH3 is 1. The van der Waals surface area contributed by atoms with Crippen LogP contribution in [0.25, 0.3) is 11.4 Å². The number of amides is 1. The van der Waals surface area contributed by atoms with Gasteiger partial charge < -0.3 is 10.1 Å². The molecule has 1 aliphatic rings. The van der Waals surface area contributed by atoms with E-state index in [1.165, 1.54) is 4.80 Å². The average molecular weight is 363 g/mol. The summed E-state index contributed by atoms with van der Waals surface area (Å²) in [6.45, 7) is 0.0409. The molecular weight excluding hydrogens is 342 g/mol. The molecule has 1 unspecified atom stereocenters. The first-order valence-electron chi connectivity index (χ1n) is 8.99. The number of aromatic nitrogens is 4. The molecule has 0 bridgehead atoms. The van der Waals surface area contributed by atoms with E-state index >= 15 is 0 Å². The second-order valence-corrected chi connectivity index (χ2v) is 6.67. The minimum atomic E-state index is -0.125. The van der Waals surface area contributed by atoms with Crippen molar-refractivity contribution in [3.63, 3.8) is 0 Å². The van der Waals surface area contributed by atoms with Crippen molar-refractivity contribution >= 4 is 5.91 Å². The number of benzene rings is 2. The maximum atomic E-state index is 12.5. The second kappa shape index (κ2) is 7.57. The van der Waals surface area contributed by atoms with Crippen molar-refractivity contribution in [3.05, 3.63) is 60.2 Å². The van der Waals surface area contributed by atoms with Crippen molar-refractivity contribution in [2.45, 2.75) is 25.4 Å². The second-order valence-electron chi connectivity index (χ2n) is 6.67. The minimum absolute atomic E-state index is 0.000483. The third-order valence-corrected chi connectivity index (χ3v) is 4.65.